The van der Waals surface area contributed by atoms with E-state index in [4.69, 9.17) is 23.8 Å². The number of nitrogens with one attached hydrogen (secondary N) is 2. The van der Waals surface area contributed by atoms with Gasteiger partial charge in [-0.05, 0) is 53.0 Å². The van der Waals surface area contributed by atoms with Gasteiger partial charge in [0, 0.05) is 14.2 Å². The second-order valence-electron chi connectivity index (χ2n) is 2.64. The van der Waals surface area contributed by atoms with Crippen LogP contribution in [0.2, 0.25) is 5.02 Å². The first-order valence-corrected chi connectivity index (χ1v) is 5.63. The van der Waals surface area contributed by atoms with Gasteiger partial charge in [0.2, 0.25) is 4.77 Å². The SMILES string of the molecule is S=c1nc(-c2cc(Cl)ccc2I)[nH][nH]1. The van der Waals surface area contributed by atoms with E-state index in [9.17, 15) is 0 Å². The molecule has 0 aliphatic carbocycles. The molecule has 2 rings (SSSR count). The van der Waals surface area contributed by atoms with Gasteiger partial charge in [-0.15, -0.1) is 0 Å². The highest BCUT2D eigenvalue weighted by molar-refractivity contribution is 14.1. The Labute approximate surface area is 104 Å². The van der Waals surface area contributed by atoms with E-state index in [0.29, 0.717) is 15.6 Å². The monoisotopic (exact) mass is 337 g/mol. The molecular formula is C8H5ClIN3S. The van der Waals surface area contributed by atoms with Crippen molar-refractivity contribution in [3.63, 3.8) is 0 Å². The summed E-state index contributed by atoms with van der Waals surface area (Å²) in [5.74, 6) is 0.710. The molecule has 2 aromatic rings. The Morgan fingerprint density at radius 3 is 2.79 bits per heavy atom. The van der Waals surface area contributed by atoms with Gasteiger partial charge in [0.05, 0.1) is 0 Å². The van der Waals surface area contributed by atoms with E-state index in [-0.39, 0.29) is 0 Å². The van der Waals surface area contributed by atoms with Crippen LogP contribution in [-0.4, -0.2) is 15.2 Å². The van der Waals surface area contributed by atoms with Crippen molar-refractivity contribution in [2.45, 2.75) is 0 Å². The molecule has 14 heavy (non-hydrogen) atoms. The van der Waals surface area contributed by atoms with E-state index in [1.165, 1.54) is 0 Å². The fourth-order valence-corrected chi connectivity index (χ4v) is 1.98. The lowest BCUT2D eigenvalue weighted by Crippen LogP contribution is -1.85. The third-order valence-electron chi connectivity index (χ3n) is 1.68. The maximum absolute atomic E-state index is 5.89. The predicted octanol–water partition coefficient (Wildman–Crippen LogP) is 3.39. The number of H-pyrrole nitrogens is 2. The van der Waals surface area contributed by atoms with Crippen LogP contribution in [0.25, 0.3) is 11.4 Å². The smallest absolute Gasteiger partial charge is 0.213 e. The number of nitrogens with zero attached hydrogens (tertiary/aromatic N) is 1. The summed E-state index contributed by atoms with van der Waals surface area (Å²) >= 11 is 13.0. The van der Waals surface area contributed by atoms with Crippen LogP contribution in [-0.2, 0) is 0 Å². The molecule has 1 heterocycles. The zero-order chi connectivity index (χ0) is 10.1. The van der Waals surface area contributed by atoms with Gasteiger partial charge in [0.25, 0.3) is 0 Å². The molecule has 0 spiro atoms. The Balaban J connectivity index is 2.61. The van der Waals surface area contributed by atoms with Gasteiger partial charge in [0.1, 0.15) is 0 Å². The van der Waals surface area contributed by atoms with E-state index in [2.05, 4.69) is 37.8 Å². The minimum absolute atomic E-state index is 0.441. The van der Waals surface area contributed by atoms with E-state index < -0.39 is 0 Å². The largest absolute Gasteiger partial charge is 0.282 e. The minimum Gasteiger partial charge on any atom is -0.282 e. The molecular weight excluding hydrogens is 333 g/mol. The standard InChI is InChI=1S/C8H5ClIN3S/c9-4-1-2-6(10)5(3-4)7-11-8(14)13-12-7/h1-3H,(H2,11,12,13,14). The lowest BCUT2D eigenvalue weighted by atomic mass is 10.2. The maximum Gasteiger partial charge on any atom is 0.213 e. The van der Waals surface area contributed by atoms with Gasteiger partial charge in [-0.2, -0.15) is 4.98 Å². The molecule has 3 nitrogen and oxygen atoms in total. The molecule has 0 fully saturated rings. The van der Waals surface area contributed by atoms with Crippen LogP contribution in [0.1, 0.15) is 0 Å². The zero-order valence-corrected chi connectivity index (χ0v) is 10.6. The molecule has 0 bridgehead atoms. The summed E-state index contributed by atoms with van der Waals surface area (Å²) in [7, 11) is 0. The number of halogens is 2. The Kier molecular flexibility index (Phi) is 2.89. The van der Waals surface area contributed by atoms with Crippen molar-refractivity contribution < 1.29 is 0 Å². The summed E-state index contributed by atoms with van der Waals surface area (Å²) < 4.78 is 1.51. The summed E-state index contributed by atoms with van der Waals surface area (Å²) in [5, 5.41) is 6.32. The topological polar surface area (TPSA) is 44.5 Å². The quantitative estimate of drug-likeness (QED) is 0.619. The molecule has 2 N–H and O–H groups in total. The molecule has 0 aliphatic heterocycles. The van der Waals surface area contributed by atoms with E-state index in [1.807, 2.05) is 18.2 Å². The van der Waals surface area contributed by atoms with E-state index >= 15 is 0 Å². The van der Waals surface area contributed by atoms with E-state index in [1.54, 1.807) is 0 Å². The Hall–Kier alpha value is -0.400. The number of hydrogen-bond donors (Lipinski definition) is 2. The van der Waals surface area contributed by atoms with Crippen LogP contribution in [0, 0.1) is 8.34 Å². The fourth-order valence-electron chi connectivity index (χ4n) is 1.08. The highest BCUT2D eigenvalue weighted by Crippen LogP contribution is 2.25. The summed E-state index contributed by atoms with van der Waals surface area (Å²) in [6.45, 7) is 0. The van der Waals surface area contributed by atoms with E-state index in [0.717, 1.165) is 9.13 Å². The first kappa shape index (κ1) is 10.1. The molecule has 0 unspecified atom stereocenters. The van der Waals surface area contributed by atoms with Crippen molar-refractivity contribution in [2.24, 2.45) is 0 Å². The molecule has 6 heteroatoms. The van der Waals surface area contributed by atoms with Crippen molar-refractivity contribution in [1.29, 1.82) is 0 Å². The van der Waals surface area contributed by atoms with Crippen LogP contribution in [0.3, 0.4) is 0 Å². The van der Waals surface area contributed by atoms with Gasteiger partial charge in [-0.3, -0.25) is 10.2 Å². The number of hydrogen-bond acceptors (Lipinski definition) is 2. The normalized spacial score (nSPS) is 10.4. The highest BCUT2D eigenvalue weighted by atomic mass is 127. The summed E-state index contributed by atoms with van der Waals surface area (Å²) in [6, 6.07) is 5.63. The fraction of sp³-hybridized carbons (Fsp3) is 0. The Morgan fingerprint density at radius 1 is 1.36 bits per heavy atom. The Morgan fingerprint density at radius 2 is 2.14 bits per heavy atom. The number of aromatic amines is 2. The lowest BCUT2D eigenvalue weighted by molar-refractivity contribution is 1.08. The van der Waals surface area contributed by atoms with Crippen molar-refractivity contribution in [3.8, 4) is 11.4 Å². The molecule has 0 atom stereocenters. The predicted molar refractivity (Wildman–Crippen MR) is 66.9 cm³/mol. The van der Waals surface area contributed by atoms with Crippen LogP contribution in [0.15, 0.2) is 18.2 Å². The zero-order valence-electron chi connectivity index (χ0n) is 6.84. The molecule has 0 amide bonds. The number of aromatic nitrogens is 3. The Bertz CT molecular complexity index is 519. The highest BCUT2D eigenvalue weighted by Gasteiger charge is 2.06. The van der Waals surface area contributed by atoms with Crippen molar-refractivity contribution in [1.82, 2.24) is 15.2 Å². The average Bonchev–Trinajstić information content (AvgIpc) is 2.56. The average molecular weight is 338 g/mol. The third kappa shape index (κ3) is 1.99. The number of rotatable bonds is 1. The van der Waals surface area contributed by atoms with Crippen molar-refractivity contribution in [3.05, 3.63) is 31.6 Å². The van der Waals surface area contributed by atoms with Gasteiger partial charge < -0.3 is 0 Å². The molecule has 0 aliphatic rings. The summed E-state index contributed by atoms with van der Waals surface area (Å²) in [5.41, 5.74) is 0.949. The van der Waals surface area contributed by atoms with Gasteiger partial charge in [-0.25, -0.2) is 0 Å². The summed E-state index contributed by atoms with van der Waals surface area (Å²) in [4.78, 5) is 4.12. The third-order valence-corrected chi connectivity index (χ3v) is 3.05. The molecule has 1 aromatic heterocycles. The molecule has 1 aromatic carbocycles. The minimum atomic E-state index is 0.441. The van der Waals surface area contributed by atoms with Gasteiger partial charge in [0.15, 0.2) is 5.82 Å². The van der Waals surface area contributed by atoms with Crippen LogP contribution in [0.4, 0.5) is 0 Å². The molecule has 0 radical (unpaired) electrons. The lowest BCUT2D eigenvalue weighted by Gasteiger charge is -2.00. The van der Waals surface area contributed by atoms with Gasteiger partial charge >= 0.3 is 0 Å². The second kappa shape index (κ2) is 4.00. The van der Waals surface area contributed by atoms with Crippen LogP contribution < -0.4 is 0 Å². The second-order valence-corrected chi connectivity index (χ2v) is 4.63. The van der Waals surface area contributed by atoms with Crippen molar-refractivity contribution >= 4 is 46.4 Å². The molecule has 72 valence electrons. The maximum atomic E-state index is 5.89. The molecule has 0 saturated heterocycles. The van der Waals surface area contributed by atoms with Crippen molar-refractivity contribution in [2.75, 3.05) is 0 Å². The first-order valence-electron chi connectivity index (χ1n) is 3.77. The first-order chi connectivity index (χ1) is 6.66. The summed E-state index contributed by atoms with van der Waals surface area (Å²) in [6.07, 6.45) is 0. The van der Waals surface area contributed by atoms with Gasteiger partial charge in [-0.1, -0.05) is 11.6 Å². The van der Waals surface area contributed by atoms with Crippen LogP contribution in [0.5, 0.6) is 0 Å². The number of benzene rings is 1. The van der Waals surface area contributed by atoms with Crippen LogP contribution >= 0.6 is 46.4 Å². The molecule has 0 saturated carbocycles.